The first-order valence-electron chi connectivity index (χ1n) is 4.33. The van der Waals surface area contributed by atoms with Crippen LogP contribution in [0.2, 0.25) is 0 Å². The van der Waals surface area contributed by atoms with Crippen molar-refractivity contribution in [2.75, 3.05) is 20.2 Å². The third kappa shape index (κ3) is 12.0. The van der Waals surface area contributed by atoms with Crippen LogP contribution in [0.4, 0.5) is 4.79 Å². The molecule has 0 fully saturated rings. The molecule has 4 heteroatoms. The summed E-state index contributed by atoms with van der Waals surface area (Å²) in [5, 5.41) is 2.55. The number of hydrogen-bond acceptors (Lipinski definition) is 3. The van der Waals surface area contributed by atoms with Gasteiger partial charge in [-0.2, -0.15) is 0 Å². The molecule has 0 unspecified atom stereocenters. The molecule has 3 N–H and O–H groups in total. The minimum atomic E-state index is -0.378. The first-order chi connectivity index (χ1) is 5.81. The summed E-state index contributed by atoms with van der Waals surface area (Å²) in [6, 6.07) is 0. The molecule has 0 atom stereocenters. The topological polar surface area (TPSA) is 64.3 Å². The number of carbonyl (C=O) groups excluding carboxylic acids is 1. The molecule has 0 saturated heterocycles. The zero-order valence-corrected chi connectivity index (χ0v) is 8.22. The van der Waals surface area contributed by atoms with E-state index in [0.29, 0.717) is 13.1 Å². The summed E-state index contributed by atoms with van der Waals surface area (Å²) >= 11 is 0. The Bertz CT molecular complexity index is 97.1. The lowest BCUT2D eigenvalue weighted by Crippen LogP contribution is -2.24. The summed E-state index contributed by atoms with van der Waals surface area (Å²) in [6.07, 6.45) is 1.47. The molecule has 74 valence electrons. The van der Waals surface area contributed by atoms with Crippen molar-refractivity contribution in [3.63, 3.8) is 0 Å². The molecule has 12 heavy (non-hydrogen) atoms. The number of nitrogens with one attached hydrogen (secondary N) is 1. The molecule has 0 aromatic heterocycles. The molecule has 0 radical (unpaired) electrons. The van der Waals surface area contributed by atoms with Crippen molar-refractivity contribution in [2.24, 2.45) is 5.73 Å². The first-order valence-corrected chi connectivity index (χ1v) is 4.33. The van der Waals surface area contributed by atoms with Crippen molar-refractivity contribution in [1.29, 1.82) is 0 Å². The number of amides is 1. The zero-order chi connectivity index (χ0) is 9.82. The molecule has 0 rings (SSSR count). The summed E-state index contributed by atoms with van der Waals surface area (Å²) in [7, 11) is 1.35. The molecule has 0 aromatic rings. The maximum atomic E-state index is 10.4. The van der Waals surface area contributed by atoms with Gasteiger partial charge >= 0.3 is 6.09 Å². The van der Waals surface area contributed by atoms with Crippen molar-refractivity contribution in [2.45, 2.75) is 26.7 Å². The van der Waals surface area contributed by atoms with Crippen molar-refractivity contribution < 1.29 is 9.53 Å². The highest BCUT2D eigenvalue weighted by Gasteiger charge is 1.94. The quantitative estimate of drug-likeness (QED) is 0.631. The van der Waals surface area contributed by atoms with E-state index < -0.39 is 0 Å². The van der Waals surface area contributed by atoms with E-state index in [0.717, 1.165) is 12.8 Å². The molecular weight excluding hydrogens is 156 g/mol. The average molecular weight is 176 g/mol. The molecular formula is C8H20N2O2. The molecule has 0 aromatic carbocycles. The summed E-state index contributed by atoms with van der Waals surface area (Å²) < 4.78 is 4.35. The lowest BCUT2D eigenvalue weighted by molar-refractivity contribution is 0.171. The number of hydrogen-bond donors (Lipinski definition) is 2. The molecule has 0 aliphatic carbocycles. The Balaban J connectivity index is 0. The Labute approximate surface area is 74.5 Å². The Morgan fingerprint density at radius 1 is 1.42 bits per heavy atom. The highest BCUT2D eigenvalue weighted by atomic mass is 16.5. The largest absolute Gasteiger partial charge is 0.453 e. The minimum absolute atomic E-state index is 0.378. The Hall–Kier alpha value is -0.770. The highest BCUT2D eigenvalue weighted by molar-refractivity contribution is 5.66. The van der Waals surface area contributed by atoms with Gasteiger partial charge in [-0.1, -0.05) is 13.8 Å². The molecule has 0 bridgehead atoms. The zero-order valence-electron chi connectivity index (χ0n) is 8.22. The summed E-state index contributed by atoms with van der Waals surface area (Å²) in [5.74, 6) is 0. The van der Waals surface area contributed by atoms with E-state index in [2.05, 4.69) is 10.1 Å². The molecule has 0 aliphatic heterocycles. The van der Waals surface area contributed by atoms with Gasteiger partial charge in [0.15, 0.2) is 0 Å². The van der Waals surface area contributed by atoms with Crippen molar-refractivity contribution in [1.82, 2.24) is 5.32 Å². The van der Waals surface area contributed by atoms with Crippen LogP contribution >= 0.6 is 0 Å². The monoisotopic (exact) mass is 176 g/mol. The van der Waals surface area contributed by atoms with Crippen LogP contribution in [0, 0.1) is 0 Å². The van der Waals surface area contributed by atoms with E-state index in [-0.39, 0.29) is 6.09 Å². The average Bonchev–Trinajstić information content (AvgIpc) is 2.15. The third-order valence-electron chi connectivity index (χ3n) is 1.09. The van der Waals surface area contributed by atoms with Crippen LogP contribution < -0.4 is 11.1 Å². The van der Waals surface area contributed by atoms with Crippen LogP contribution in [0.25, 0.3) is 0 Å². The molecule has 0 spiro atoms. The van der Waals surface area contributed by atoms with Crippen LogP contribution in [0.5, 0.6) is 0 Å². The number of unbranched alkanes of at least 4 members (excludes halogenated alkanes) is 1. The predicted molar refractivity (Wildman–Crippen MR) is 50.0 cm³/mol. The van der Waals surface area contributed by atoms with Gasteiger partial charge in [0.1, 0.15) is 0 Å². The van der Waals surface area contributed by atoms with E-state index >= 15 is 0 Å². The van der Waals surface area contributed by atoms with E-state index in [4.69, 9.17) is 5.73 Å². The van der Waals surface area contributed by atoms with E-state index in [1.165, 1.54) is 7.11 Å². The standard InChI is InChI=1S/C6H14N2O2.C2H6/c1-10-6(9)8-5-3-2-4-7;1-2/h2-5,7H2,1H3,(H,8,9);1-2H3. The number of carbonyl (C=O) groups is 1. The van der Waals surface area contributed by atoms with Crippen LogP contribution in [-0.2, 0) is 4.74 Å². The first kappa shape index (κ1) is 13.8. The van der Waals surface area contributed by atoms with Gasteiger partial charge in [0.25, 0.3) is 0 Å². The number of nitrogens with two attached hydrogens (primary N) is 1. The second kappa shape index (κ2) is 12.9. The SMILES string of the molecule is CC.COC(=O)NCCCCN. The number of rotatable bonds is 4. The predicted octanol–water partition coefficient (Wildman–Crippen LogP) is 1.11. The Kier molecular flexibility index (Phi) is 14.8. The van der Waals surface area contributed by atoms with Gasteiger partial charge in [0.05, 0.1) is 7.11 Å². The molecule has 0 aliphatic rings. The fourth-order valence-electron chi connectivity index (χ4n) is 0.532. The van der Waals surface area contributed by atoms with E-state index in [1.807, 2.05) is 13.8 Å². The highest BCUT2D eigenvalue weighted by Crippen LogP contribution is 1.82. The summed E-state index contributed by atoms with van der Waals surface area (Å²) in [4.78, 5) is 10.4. The normalized spacial score (nSPS) is 8.00. The molecule has 1 amide bonds. The van der Waals surface area contributed by atoms with Gasteiger partial charge in [-0.05, 0) is 19.4 Å². The Morgan fingerprint density at radius 2 is 2.00 bits per heavy atom. The lowest BCUT2D eigenvalue weighted by Gasteiger charge is -2.00. The summed E-state index contributed by atoms with van der Waals surface area (Å²) in [5.41, 5.74) is 5.23. The van der Waals surface area contributed by atoms with Crippen molar-refractivity contribution in [3.05, 3.63) is 0 Å². The molecule has 4 nitrogen and oxygen atoms in total. The smallest absolute Gasteiger partial charge is 0.406 e. The number of methoxy groups -OCH3 is 1. The lowest BCUT2D eigenvalue weighted by atomic mass is 10.3. The van der Waals surface area contributed by atoms with Crippen LogP contribution in [0.3, 0.4) is 0 Å². The van der Waals surface area contributed by atoms with Gasteiger partial charge in [-0.15, -0.1) is 0 Å². The van der Waals surface area contributed by atoms with Gasteiger partial charge < -0.3 is 15.8 Å². The summed E-state index contributed by atoms with van der Waals surface area (Å²) in [6.45, 7) is 5.31. The molecule has 0 saturated carbocycles. The van der Waals surface area contributed by atoms with E-state index in [9.17, 15) is 4.79 Å². The number of alkyl carbamates (subject to hydrolysis) is 1. The van der Waals surface area contributed by atoms with Crippen molar-refractivity contribution in [3.8, 4) is 0 Å². The van der Waals surface area contributed by atoms with Gasteiger partial charge in [0.2, 0.25) is 0 Å². The second-order valence-electron chi connectivity index (χ2n) is 1.91. The van der Waals surface area contributed by atoms with E-state index in [1.54, 1.807) is 0 Å². The maximum absolute atomic E-state index is 10.4. The fraction of sp³-hybridized carbons (Fsp3) is 0.875. The third-order valence-corrected chi connectivity index (χ3v) is 1.09. The second-order valence-corrected chi connectivity index (χ2v) is 1.91. The fourth-order valence-corrected chi connectivity index (χ4v) is 0.532. The van der Waals surface area contributed by atoms with Gasteiger partial charge in [-0.25, -0.2) is 4.79 Å². The molecule has 0 heterocycles. The minimum Gasteiger partial charge on any atom is -0.453 e. The van der Waals surface area contributed by atoms with Gasteiger partial charge in [0, 0.05) is 6.54 Å². The van der Waals surface area contributed by atoms with Crippen LogP contribution in [0.1, 0.15) is 26.7 Å². The van der Waals surface area contributed by atoms with Gasteiger partial charge in [-0.3, -0.25) is 0 Å². The number of ether oxygens (including phenoxy) is 1. The Morgan fingerprint density at radius 3 is 2.42 bits per heavy atom. The van der Waals surface area contributed by atoms with Crippen LogP contribution in [0.15, 0.2) is 0 Å². The van der Waals surface area contributed by atoms with Crippen LogP contribution in [-0.4, -0.2) is 26.3 Å². The maximum Gasteiger partial charge on any atom is 0.406 e. The van der Waals surface area contributed by atoms with Crippen molar-refractivity contribution >= 4 is 6.09 Å².